The van der Waals surface area contributed by atoms with Crippen molar-refractivity contribution in [2.24, 2.45) is 0 Å². The van der Waals surface area contributed by atoms with Crippen LogP contribution >= 0.6 is 0 Å². The smallest absolute Gasteiger partial charge is 0.226 e. The van der Waals surface area contributed by atoms with E-state index in [-0.39, 0.29) is 0 Å². The molecule has 0 saturated heterocycles. The lowest BCUT2D eigenvalue weighted by Crippen LogP contribution is -2.17. The molecule has 0 aliphatic carbocycles. The van der Waals surface area contributed by atoms with Crippen LogP contribution in [0.3, 0.4) is 0 Å². The van der Waals surface area contributed by atoms with E-state index < -0.39 is 0 Å². The Labute approximate surface area is 147 Å². The van der Waals surface area contributed by atoms with Gasteiger partial charge in [-0.3, -0.25) is 4.90 Å². The normalized spacial score (nSPS) is 11.3. The van der Waals surface area contributed by atoms with Crippen LogP contribution in [-0.4, -0.2) is 16.9 Å². The molecule has 1 aromatic heterocycles. The van der Waals surface area contributed by atoms with Crippen LogP contribution in [0.5, 0.6) is 0 Å². The molecule has 3 heteroatoms. The predicted octanol–water partition coefficient (Wildman–Crippen LogP) is 5.13. The number of oxazole rings is 1. The Morgan fingerprint density at radius 2 is 1.60 bits per heavy atom. The quantitative estimate of drug-likeness (QED) is 0.509. The highest BCUT2D eigenvalue weighted by Gasteiger charge is 2.11. The molecule has 0 radical (unpaired) electrons. The Morgan fingerprint density at radius 1 is 0.840 bits per heavy atom. The van der Waals surface area contributed by atoms with E-state index in [4.69, 9.17) is 9.40 Å². The zero-order valence-corrected chi connectivity index (χ0v) is 14.2. The Kier molecular flexibility index (Phi) is 4.32. The van der Waals surface area contributed by atoms with Gasteiger partial charge in [0.05, 0.1) is 5.69 Å². The fraction of sp³-hybridized carbons (Fsp3) is 0.136. The number of benzene rings is 3. The minimum atomic E-state index is 0.680. The number of aromatic nitrogens is 1. The number of fused-ring (bicyclic) bond motifs is 1. The summed E-state index contributed by atoms with van der Waals surface area (Å²) < 4.78 is 5.77. The van der Waals surface area contributed by atoms with Gasteiger partial charge in [0, 0.05) is 18.7 Å². The summed E-state index contributed by atoms with van der Waals surface area (Å²) in [7, 11) is 2.10. The molecule has 124 valence electrons. The summed E-state index contributed by atoms with van der Waals surface area (Å²) in [6.45, 7) is 1.64. The zero-order valence-electron chi connectivity index (χ0n) is 14.2. The Hall–Kier alpha value is -2.91. The molecule has 0 aliphatic heterocycles. The fourth-order valence-electron chi connectivity index (χ4n) is 3.14. The molecule has 0 N–H and O–H groups in total. The van der Waals surface area contributed by atoms with Gasteiger partial charge in [-0.05, 0) is 29.4 Å². The van der Waals surface area contributed by atoms with Crippen LogP contribution in [0.1, 0.15) is 11.3 Å². The Balaban J connectivity index is 1.54. The average Bonchev–Trinajstić information content (AvgIpc) is 3.10. The van der Waals surface area contributed by atoms with Crippen molar-refractivity contribution < 1.29 is 4.42 Å². The lowest BCUT2D eigenvalue weighted by Gasteiger charge is -2.14. The molecule has 1 heterocycles. The third-order valence-corrected chi connectivity index (χ3v) is 4.30. The third kappa shape index (κ3) is 3.47. The first-order valence-corrected chi connectivity index (χ1v) is 8.44. The Morgan fingerprint density at radius 3 is 2.48 bits per heavy atom. The van der Waals surface area contributed by atoms with Gasteiger partial charge in [0.25, 0.3) is 0 Å². The van der Waals surface area contributed by atoms with E-state index in [1.54, 1.807) is 6.26 Å². The molecule has 4 rings (SSSR count). The zero-order chi connectivity index (χ0) is 17.1. The first-order valence-electron chi connectivity index (χ1n) is 8.44. The summed E-state index contributed by atoms with van der Waals surface area (Å²) in [5.74, 6) is 0.680. The van der Waals surface area contributed by atoms with E-state index in [1.165, 1.54) is 10.9 Å². The maximum absolute atomic E-state index is 5.77. The van der Waals surface area contributed by atoms with Crippen LogP contribution in [-0.2, 0) is 13.1 Å². The van der Waals surface area contributed by atoms with Gasteiger partial charge >= 0.3 is 0 Å². The van der Waals surface area contributed by atoms with Crippen molar-refractivity contribution in [1.29, 1.82) is 0 Å². The fourth-order valence-corrected chi connectivity index (χ4v) is 3.14. The molecule has 3 aromatic carbocycles. The van der Waals surface area contributed by atoms with Crippen molar-refractivity contribution in [3.05, 3.63) is 90.3 Å². The molecule has 0 spiro atoms. The largest absolute Gasteiger partial charge is 0.444 e. The molecular weight excluding hydrogens is 308 g/mol. The van der Waals surface area contributed by atoms with Crippen LogP contribution in [0.15, 0.2) is 83.5 Å². The Bertz CT molecular complexity index is 970. The van der Waals surface area contributed by atoms with Crippen molar-refractivity contribution in [1.82, 2.24) is 9.88 Å². The summed E-state index contributed by atoms with van der Waals surface area (Å²) >= 11 is 0. The van der Waals surface area contributed by atoms with Crippen molar-refractivity contribution in [2.45, 2.75) is 13.1 Å². The van der Waals surface area contributed by atoms with Gasteiger partial charge in [-0.25, -0.2) is 4.98 Å². The molecule has 3 nitrogen and oxygen atoms in total. The highest BCUT2D eigenvalue weighted by molar-refractivity contribution is 5.94. The second kappa shape index (κ2) is 6.91. The summed E-state index contributed by atoms with van der Waals surface area (Å²) in [4.78, 5) is 6.94. The first-order chi connectivity index (χ1) is 12.3. The van der Waals surface area contributed by atoms with Crippen molar-refractivity contribution in [3.8, 4) is 11.5 Å². The van der Waals surface area contributed by atoms with Crippen LogP contribution in [0, 0.1) is 0 Å². The highest BCUT2D eigenvalue weighted by Crippen LogP contribution is 2.28. The van der Waals surface area contributed by atoms with Gasteiger partial charge in [0.1, 0.15) is 6.26 Å². The van der Waals surface area contributed by atoms with Crippen LogP contribution < -0.4 is 0 Å². The number of hydrogen-bond donors (Lipinski definition) is 0. The molecule has 0 saturated carbocycles. The molecule has 4 aromatic rings. The maximum atomic E-state index is 5.77. The van der Waals surface area contributed by atoms with Crippen molar-refractivity contribution in [3.63, 3.8) is 0 Å². The third-order valence-electron chi connectivity index (χ3n) is 4.30. The van der Waals surface area contributed by atoms with E-state index in [0.717, 1.165) is 29.7 Å². The minimum absolute atomic E-state index is 0.680. The van der Waals surface area contributed by atoms with E-state index in [2.05, 4.69) is 60.5 Å². The lowest BCUT2D eigenvalue weighted by molar-refractivity contribution is 0.315. The molecule has 25 heavy (non-hydrogen) atoms. The van der Waals surface area contributed by atoms with Gasteiger partial charge in [0.2, 0.25) is 5.89 Å². The lowest BCUT2D eigenvalue weighted by atomic mass is 10.0. The molecular formula is C22H20N2O. The summed E-state index contributed by atoms with van der Waals surface area (Å²) in [5.41, 5.74) is 3.28. The molecule has 0 aliphatic rings. The SMILES string of the molecule is CN(Cc1ccccc1)Cc1coc(-c2cccc3ccccc23)n1. The molecule has 0 unspecified atom stereocenters. The first kappa shape index (κ1) is 15.6. The second-order valence-electron chi connectivity index (χ2n) is 6.33. The molecule has 0 fully saturated rings. The topological polar surface area (TPSA) is 29.3 Å². The van der Waals surface area contributed by atoms with Crippen molar-refractivity contribution >= 4 is 10.8 Å². The predicted molar refractivity (Wildman–Crippen MR) is 101 cm³/mol. The van der Waals surface area contributed by atoms with Crippen LogP contribution in [0.25, 0.3) is 22.2 Å². The number of hydrogen-bond acceptors (Lipinski definition) is 3. The van der Waals surface area contributed by atoms with Gasteiger partial charge < -0.3 is 4.42 Å². The summed E-state index contributed by atoms with van der Waals surface area (Å²) in [5, 5.41) is 2.36. The van der Waals surface area contributed by atoms with E-state index in [1.807, 2.05) is 24.3 Å². The molecule has 0 bridgehead atoms. The maximum Gasteiger partial charge on any atom is 0.226 e. The summed E-state index contributed by atoms with van der Waals surface area (Å²) in [6, 6.07) is 25.0. The van der Waals surface area contributed by atoms with Gasteiger partial charge in [-0.2, -0.15) is 0 Å². The average molecular weight is 328 g/mol. The second-order valence-corrected chi connectivity index (χ2v) is 6.33. The number of nitrogens with zero attached hydrogens (tertiary/aromatic N) is 2. The highest BCUT2D eigenvalue weighted by atomic mass is 16.3. The standard InChI is InChI=1S/C22H20N2O/c1-24(14-17-8-3-2-4-9-17)15-19-16-25-22(23-19)21-13-7-11-18-10-5-6-12-20(18)21/h2-13,16H,14-15H2,1H3. The minimum Gasteiger partial charge on any atom is -0.444 e. The van der Waals surface area contributed by atoms with Crippen LogP contribution in [0.4, 0.5) is 0 Å². The molecule has 0 atom stereocenters. The van der Waals surface area contributed by atoms with Gasteiger partial charge in [-0.1, -0.05) is 66.7 Å². The monoisotopic (exact) mass is 328 g/mol. The van der Waals surface area contributed by atoms with E-state index in [0.29, 0.717) is 5.89 Å². The van der Waals surface area contributed by atoms with Crippen molar-refractivity contribution in [2.75, 3.05) is 7.05 Å². The van der Waals surface area contributed by atoms with E-state index in [9.17, 15) is 0 Å². The summed E-state index contributed by atoms with van der Waals surface area (Å²) in [6.07, 6.45) is 1.76. The van der Waals surface area contributed by atoms with Gasteiger partial charge in [0.15, 0.2) is 0 Å². The van der Waals surface area contributed by atoms with Crippen LogP contribution in [0.2, 0.25) is 0 Å². The van der Waals surface area contributed by atoms with Gasteiger partial charge in [-0.15, -0.1) is 0 Å². The van der Waals surface area contributed by atoms with E-state index >= 15 is 0 Å². The number of rotatable bonds is 5. The molecule has 0 amide bonds.